The van der Waals surface area contributed by atoms with Gasteiger partial charge in [-0.05, 0) is 66.6 Å². The van der Waals surface area contributed by atoms with Crippen LogP contribution in [0.4, 0.5) is 4.39 Å². The van der Waals surface area contributed by atoms with E-state index in [0.29, 0.717) is 19.1 Å². The van der Waals surface area contributed by atoms with Gasteiger partial charge in [0.25, 0.3) is 5.56 Å². The van der Waals surface area contributed by atoms with E-state index in [2.05, 4.69) is 10.3 Å². The van der Waals surface area contributed by atoms with Crippen LogP contribution in [0.3, 0.4) is 0 Å². The molecule has 0 saturated carbocycles. The largest absolute Gasteiger partial charge is 0.497 e. The highest BCUT2D eigenvalue weighted by molar-refractivity contribution is 7.18. The van der Waals surface area contributed by atoms with Crippen molar-refractivity contribution < 1.29 is 9.13 Å². The van der Waals surface area contributed by atoms with E-state index in [-0.39, 0.29) is 11.4 Å². The summed E-state index contributed by atoms with van der Waals surface area (Å²) in [6.45, 7) is 1.29. The molecule has 33 heavy (non-hydrogen) atoms. The molecule has 2 aromatic heterocycles. The number of aromatic nitrogens is 2. The number of aryl methyl sites for hydroxylation is 3. The van der Waals surface area contributed by atoms with Crippen LogP contribution in [0.15, 0.2) is 59.7 Å². The molecular formula is C26H26FN3O2S. The third-order valence-electron chi connectivity index (χ3n) is 6.32. The Balaban J connectivity index is 1.30. The minimum absolute atomic E-state index is 0.0538. The van der Waals surface area contributed by atoms with Gasteiger partial charge in [0.15, 0.2) is 0 Å². The first-order valence-electron chi connectivity index (χ1n) is 11.2. The molecule has 2 heterocycles. The number of halogens is 1. The van der Waals surface area contributed by atoms with Gasteiger partial charge in [-0.1, -0.05) is 24.3 Å². The highest BCUT2D eigenvalue weighted by Crippen LogP contribution is 2.33. The zero-order valence-corrected chi connectivity index (χ0v) is 19.3. The maximum absolute atomic E-state index is 13.3. The molecule has 2 aromatic carbocycles. The van der Waals surface area contributed by atoms with Crippen LogP contribution in [-0.4, -0.2) is 22.7 Å². The number of nitrogens with one attached hydrogen (secondary N) is 1. The fraction of sp³-hybridized carbons (Fsp3) is 0.308. The number of methoxy groups -OCH3 is 1. The summed E-state index contributed by atoms with van der Waals surface area (Å²) < 4.78 is 20.1. The summed E-state index contributed by atoms with van der Waals surface area (Å²) >= 11 is 1.64. The van der Waals surface area contributed by atoms with Crippen LogP contribution in [0.5, 0.6) is 5.75 Å². The molecule has 1 N–H and O–H groups in total. The first-order chi connectivity index (χ1) is 16.1. The second kappa shape index (κ2) is 9.45. The fourth-order valence-electron chi connectivity index (χ4n) is 4.48. The lowest BCUT2D eigenvalue weighted by Gasteiger charge is -2.23. The Morgan fingerprint density at radius 2 is 2.06 bits per heavy atom. The molecule has 0 saturated heterocycles. The number of nitrogens with zero attached hydrogens (tertiary/aromatic N) is 2. The minimum atomic E-state index is -0.215. The smallest absolute Gasteiger partial charge is 0.262 e. The first-order valence-corrected chi connectivity index (χ1v) is 12.0. The lowest BCUT2D eigenvalue weighted by atomic mass is 9.93. The van der Waals surface area contributed by atoms with Gasteiger partial charge in [-0.15, -0.1) is 11.3 Å². The predicted octanol–water partition coefficient (Wildman–Crippen LogP) is 4.50. The van der Waals surface area contributed by atoms with Gasteiger partial charge in [-0.2, -0.15) is 0 Å². The summed E-state index contributed by atoms with van der Waals surface area (Å²) in [6, 6.07) is 14.9. The average Bonchev–Trinajstić information content (AvgIpc) is 3.22. The van der Waals surface area contributed by atoms with Crippen molar-refractivity contribution in [2.24, 2.45) is 0 Å². The van der Waals surface area contributed by atoms with Gasteiger partial charge in [0.05, 0.1) is 18.8 Å². The molecule has 0 bridgehead atoms. The van der Waals surface area contributed by atoms with Gasteiger partial charge in [-0.3, -0.25) is 9.36 Å². The molecule has 1 aliphatic carbocycles. The highest BCUT2D eigenvalue weighted by Gasteiger charge is 2.25. The maximum Gasteiger partial charge on any atom is 0.262 e. The van der Waals surface area contributed by atoms with Crippen LogP contribution in [0.2, 0.25) is 0 Å². The SMILES string of the molecule is COc1cccc(CCn2cnc3sc4c(c3c2=O)CC[C@H](NCc2ccc(F)cc2)C4)c1. The third kappa shape index (κ3) is 4.70. The van der Waals surface area contributed by atoms with Crippen molar-refractivity contribution in [1.82, 2.24) is 14.9 Å². The van der Waals surface area contributed by atoms with E-state index >= 15 is 0 Å². The molecule has 5 rings (SSSR count). The Labute approximate surface area is 195 Å². The van der Waals surface area contributed by atoms with E-state index < -0.39 is 0 Å². The Hall–Kier alpha value is -3.03. The monoisotopic (exact) mass is 463 g/mol. The topological polar surface area (TPSA) is 56.2 Å². The van der Waals surface area contributed by atoms with Gasteiger partial charge in [-0.25, -0.2) is 9.37 Å². The third-order valence-corrected chi connectivity index (χ3v) is 7.48. The van der Waals surface area contributed by atoms with Crippen molar-refractivity contribution in [2.75, 3.05) is 7.11 Å². The van der Waals surface area contributed by atoms with E-state index in [1.54, 1.807) is 29.3 Å². The van der Waals surface area contributed by atoms with Gasteiger partial charge in [0.1, 0.15) is 16.4 Å². The number of rotatable bonds is 7. The van der Waals surface area contributed by atoms with Crippen molar-refractivity contribution in [3.63, 3.8) is 0 Å². The van der Waals surface area contributed by atoms with Gasteiger partial charge >= 0.3 is 0 Å². The summed E-state index contributed by atoms with van der Waals surface area (Å²) in [5, 5.41) is 4.38. The second-order valence-electron chi connectivity index (χ2n) is 8.48. The van der Waals surface area contributed by atoms with Gasteiger partial charge in [0, 0.05) is 24.0 Å². The molecule has 5 nitrogen and oxygen atoms in total. The molecule has 0 aliphatic heterocycles. The van der Waals surface area contributed by atoms with E-state index in [0.717, 1.165) is 52.8 Å². The number of thiophene rings is 1. The molecule has 0 amide bonds. The Bertz CT molecular complexity index is 1330. The maximum atomic E-state index is 13.3. The molecule has 7 heteroatoms. The lowest BCUT2D eigenvalue weighted by molar-refractivity contribution is 0.414. The number of hydrogen-bond donors (Lipinski definition) is 1. The molecule has 0 unspecified atom stereocenters. The molecule has 4 aromatic rings. The second-order valence-corrected chi connectivity index (χ2v) is 9.56. The number of fused-ring (bicyclic) bond motifs is 3. The Morgan fingerprint density at radius 1 is 1.21 bits per heavy atom. The Kier molecular flexibility index (Phi) is 6.24. The zero-order chi connectivity index (χ0) is 22.8. The molecular weight excluding hydrogens is 437 g/mol. The zero-order valence-electron chi connectivity index (χ0n) is 18.5. The first kappa shape index (κ1) is 21.8. The number of hydrogen-bond acceptors (Lipinski definition) is 5. The summed E-state index contributed by atoms with van der Waals surface area (Å²) in [4.78, 5) is 20.0. The van der Waals surface area contributed by atoms with E-state index in [4.69, 9.17) is 4.74 Å². The average molecular weight is 464 g/mol. The van der Waals surface area contributed by atoms with Crippen molar-refractivity contribution >= 4 is 21.6 Å². The van der Waals surface area contributed by atoms with Crippen LogP contribution in [-0.2, 0) is 32.4 Å². The standard InChI is InChI=1S/C26H26FN3O2S/c1-32-21-4-2-3-17(13-21)11-12-30-16-29-25-24(26(30)31)22-10-9-20(14-23(22)33-25)28-15-18-5-7-19(27)8-6-18/h2-8,13,16,20,28H,9-12,14-15H2,1H3/t20-/m0/s1. The van der Waals surface area contributed by atoms with Crippen LogP contribution in [0, 0.1) is 5.82 Å². The van der Waals surface area contributed by atoms with Crippen LogP contribution < -0.4 is 15.6 Å². The number of ether oxygens (including phenoxy) is 1. The minimum Gasteiger partial charge on any atom is -0.497 e. The van der Waals surface area contributed by atoms with Crippen LogP contribution >= 0.6 is 11.3 Å². The molecule has 1 atom stereocenters. The molecule has 0 radical (unpaired) electrons. The van der Waals surface area contributed by atoms with Crippen LogP contribution in [0.25, 0.3) is 10.2 Å². The lowest BCUT2D eigenvalue weighted by Crippen LogP contribution is -2.33. The van der Waals surface area contributed by atoms with Gasteiger partial charge < -0.3 is 10.1 Å². The normalized spacial score (nSPS) is 15.5. The predicted molar refractivity (Wildman–Crippen MR) is 130 cm³/mol. The van der Waals surface area contributed by atoms with Crippen molar-refractivity contribution in [3.8, 4) is 5.75 Å². The van der Waals surface area contributed by atoms with Gasteiger partial charge in [0.2, 0.25) is 0 Å². The van der Waals surface area contributed by atoms with E-state index in [1.165, 1.54) is 22.6 Å². The van der Waals surface area contributed by atoms with Crippen molar-refractivity contribution in [2.45, 2.75) is 44.8 Å². The molecule has 170 valence electrons. The highest BCUT2D eigenvalue weighted by atomic mass is 32.1. The molecule has 0 fully saturated rings. The Morgan fingerprint density at radius 3 is 2.88 bits per heavy atom. The molecule has 0 spiro atoms. The summed E-state index contributed by atoms with van der Waals surface area (Å²) in [7, 11) is 1.66. The summed E-state index contributed by atoms with van der Waals surface area (Å²) in [6.07, 6.45) is 5.15. The van der Waals surface area contributed by atoms with Crippen molar-refractivity contribution in [3.05, 3.63) is 92.6 Å². The fourth-order valence-corrected chi connectivity index (χ4v) is 5.73. The summed E-state index contributed by atoms with van der Waals surface area (Å²) in [5.74, 6) is 0.607. The van der Waals surface area contributed by atoms with Crippen molar-refractivity contribution in [1.29, 1.82) is 0 Å². The van der Waals surface area contributed by atoms with E-state index in [9.17, 15) is 9.18 Å². The molecule has 1 aliphatic rings. The van der Waals surface area contributed by atoms with Crippen LogP contribution in [0.1, 0.15) is 28.0 Å². The summed E-state index contributed by atoms with van der Waals surface area (Å²) in [5.41, 5.74) is 3.42. The quantitative estimate of drug-likeness (QED) is 0.439. The van der Waals surface area contributed by atoms with E-state index in [1.807, 2.05) is 36.4 Å². The number of benzene rings is 2.